The summed E-state index contributed by atoms with van der Waals surface area (Å²) < 4.78 is 7.83. The van der Waals surface area contributed by atoms with Crippen LogP contribution in [0.25, 0.3) is 11.0 Å². The Hall–Kier alpha value is -2.47. The maximum atomic E-state index is 12.1. The zero-order chi connectivity index (χ0) is 18.4. The van der Waals surface area contributed by atoms with E-state index in [1.807, 2.05) is 66.9 Å². The monoisotopic (exact) mass is 369 g/mol. The summed E-state index contributed by atoms with van der Waals surface area (Å²) in [6, 6.07) is 15.9. The first-order valence-electron chi connectivity index (χ1n) is 8.72. The lowest BCUT2D eigenvalue weighted by atomic mass is 10.2. The number of thioether (sulfide) groups is 1. The van der Waals surface area contributed by atoms with Gasteiger partial charge in [-0.3, -0.25) is 4.79 Å². The molecule has 0 aliphatic carbocycles. The van der Waals surface area contributed by atoms with E-state index in [0.29, 0.717) is 13.2 Å². The molecule has 26 heavy (non-hydrogen) atoms. The number of likely N-dealkylation sites (N-methyl/N-ethyl adjacent to an activating group) is 1. The molecule has 5 nitrogen and oxygen atoms in total. The first kappa shape index (κ1) is 18.3. The van der Waals surface area contributed by atoms with Gasteiger partial charge in [0.2, 0.25) is 5.91 Å². The molecule has 1 amide bonds. The Labute approximate surface area is 157 Å². The number of ether oxygens (including phenoxy) is 1. The van der Waals surface area contributed by atoms with Crippen LogP contribution in [0.3, 0.4) is 0 Å². The predicted octanol–water partition coefficient (Wildman–Crippen LogP) is 3.65. The number of hydrogen-bond donors (Lipinski definition) is 1. The van der Waals surface area contributed by atoms with Gasteiger partial charge in [0.15, 0.2) is 5.16 Å². The number of imidazole rings is 1. The minimum absolute atomic E-state index is 0.00587. The minimum atomic E-state index is -0.00587. The Kier molecular flexibility index (Phi) is 6.17. The number of para-hydroxylation sites is 3. The molecular weight excluding hydrogens is 346 g/mol. The third-order valence-corrected chi connectivity index (χ3v) is 4.90. The molecule has 0 unspecified atom stereocenters. The van der Waals surface area contributed by atoms with Crippen LogP contribution in [0.1, 0.15) is 12.5 Å². The molecule has 3 rings (SSSR count). The van der Waals surface area contributed by atoms with Crippen molar-refractivity contribution >= 4 is 28.7 Å². The van der Waals surface area contributed by atoms with Crippen LogP contribution < -0.4 is 10.1 Å². The largest absolute Gasteiger partial charge is 0.492 e. The molecule has 0 bridgehead atoms. The van der Waals surface area contributed by atoms with Gasteiger partial charge in [0.1, 0.15) is 12.3 Å². The summed E-state index contributed by atoms with van der Waals surface area (Å²) >= 11 is 1.60. The van der Waals surface area contributed by atoms with Crippen molar-refractivity contribution in [3.05, 3.63) is 54.1 Å². The number of hydrogen-bond acceptors (Lipinski definition) is 4. The summed E-state index contributed by atoms with van der Waals surface area (Å²) in [7, 11) is 0. The van der Waals surface area contributed by atoms with Crippen LogP contribution in [0.4, 0.5) is 0 Å². The van der Waals surface area contributed by atoms with Gasteiger partial charge >= 0.3 is 0 Å². The van der Waals surface area contributed by atoms with Crippen molar-refractivity contribution in [1.82, 2.24) is 14.9 Å². The van der Waals surface area contributed by atoms with Crippen molar-refractivity contribution in [2.24, 2.45) is 0 Å². The third kappa shape index (κ3) is 4.38. The topological polar surface area (TPSA) is 56.2 Å². The summed E-state index contributed by atoms with van der Waals surface area (Å²) in [6.45, 7) is 5.43. The average molecular weight is 369 g/mol. The molecule has 1 heterocycles. The number of benzene rings is 2. The van der Waals surface area contributed by atoms with Crippen LogP contribution in [-0.2, 0) is 11.3 Å². The van der Waals surface area contributed by atoms with E-state index in [1.54, 1.807) is 11.8 Å². The van der Waals surface area contributed by atoms with Gasteiger partial charge in [-0.05, 0) is 37.6 Å². The van der Waals surface area contributed by atoms with Crippen LogP contribution in [0, 0.1) is 6.92 Å². The highest BCUT2D eigenvalue weighted by atomic mass is 32.2. The van der Waals surface area contributed by atoms with Crippen molar-refractivity contribution < 1.29 is 9.53 Å². The molecule has 3 aromatic rings. The molecule has 0 saturated heterocycles. The Morgan fingerprint density at radius 1 is 1.19 bits per heavy atom. The second-order valence-corrected chi connectivity index (χ2v) is 6.95. The van der Waals surface area contributed by atoms with Crippen LogP contribution in [0.2, 0.25) is 0 Å². The van der Waals surface area contributed by atoms with E-state index in [-0.39, 0.29) is 12.5 Å². The van der Waals surface area contributed by atoms with Gasteiger partial charge in [-0.2, -0.15) is 0 Å². The van der Waals surface area contributed by atoms with E-state index < -0.39 is 0 Å². The predicted molar refractivity (Wildman–Crippen MR) is 106 cm³/mol. The van der Waals surface area contributed by atoms with Crippen molar-refractivity contribution in [1.29, 1.82) is 0 Å². The highest BCUT2D eigenvalue weighted by Gasteiger charge is 2.13. The van der Waals surface area contributed by atoms with Gasteiger partial charge in [0.25, 0.3) is 0 Å². The molecule has 6 heteroatoms. The number of aryl methyl sites for hydroxylation is 1. The van der Waals surface area contributed by atoms with E-state index in [2.05, 4.69) is 10.3 Å². The Bertz CT molecular complexity index is 892. The van der Waals surface area contributed by atoms with Crippen molar-refractivity contribution in [2.45, 2.75) is 25.5 Å². The summed E-state index contributed by atoms with van der Waals surface area (Å²) in [6.07, 6.45) is 0. The van der Waals surface area contributed by atoms with Gasteiger partial charge in [-0.25, -0.2) is 4.98 Å². The number of nitrogens with zero attached hydrogens (tertiary/aromatic N) is 2. The van der Waals surface area contributed by atoms with Crippen LogP contribution in [0.5, 0.6) is 5.75 Å². The van der Waals surface area contributed by atoms with Gasteiger partial charge in [0.05, 0.1) is 17.6 Å². The molecule has 0 fully saturated rings. The van der Waals surface area contributed by atoms with E-state index >= 15 is 0 Å². The zero-order valence-electron chi connectivity index (χ0n) is 15.1. The summed E-state index contributed by atoms with van der Waals surface area (Å²) in [5.74, 6) is 1.66. The molecule has 0 atom stereocenters. The highest BCUT2D eigenvalue weighted by Crippen LogP contribution is 2.24. The van der Waals surface area contributed by atoms with Gasteiger partial charge in [-0.1, -0.05) is 42.1 Å². The van der Waals surface area contributed by atoms with Crippen molar-refractivity contribution in [3.63, 3.8) is 0 Å². The van der Waals surface area contributed by atoms with E-state index in [4.69, 9.17) is 4.74 Å². The molecule has 0 aliphatic heterocycles. The fourth-order valence-electron chi connectivity index (χ4n) is 2.72. The smallest absolute Gasteiger partial charge is 0.240 e. The number of aromatic nitrogens is 2. The van der Waals surface area contributed by atoms with Crippen LogP contribution in [0.15, 0.2) is 53.7 Å². The minimum Gasteiger partial charge on any atom is -0.492 e. The molecular formula is C20H23N3O2S. The molecule has 1 aromatic heterocycles. The number of rotatable bonds is 8. The van der Waals surface area contributed by atoms with E-state index in [9.17, 15) is 4.79 Å². The SMILES string of the molecule is CCNC(=O)Cn1c(SCCOc2ccccc2C)nc2ccccc21. The van der Waals surface area contributed by atoms with Gasteiger partial charge in [0, 0.05) is 12.3 Å². The summed E-state index contributed by atoms with van der Waals surface area (Å²) in [5.41, 5.74) is 3.00. The first-order chi connectivity index (χ1) is 12.7. The lowest BCUT2D eigenvalue weighted by molar-refractivity contribution is -0.121. The molecule has 0 radical (unpaired) electrons. The number of nitrogens with one attached hydrogen (secondary N) is 1. The average Bonchev–Trinajstić information content (AvgIpc) is 2.98. The summed E-state index contributed by atoms with van der Waals surface area (Å²) in [5, 5.41) is 3.69. The molecule has 0 saturated carbocycles. The second-order valence-electron chi connectivity index (χ2n) is 5.89. The maximum absolute atomic E-state index is 12.1. The Morgan fingerprint density at radius 3 is 2.77 bits per heavy atom. The number of amides is 1. The van der Waals surface area contributed by atoms with E-state index in [1.165, 1.54) is 0 Å². The van der Waals surface area contributed by atoms with Gasteiger partial charge in [-0.15, -0.1) is 0 Å². The molecule has 1 N–H and O–H groups in total. The van der Waals surface area contributed by atoms with Gasteiger partial charge < -0.3 is 14.6 Å². The normalized spacial score (nSPS) is 10.8. The molecule has 2 aromatic carbocycles. The molecule has 0 spiro atoms. The Balaban J connectivity index is 1.68. The lowest BCUT2D eigenvalue weighted by Crippen LogP contribution is -2.27. The first-order valence-corrected chi connectivity index (χ1v) is 9.70. The zero-order valence-corrected chi connectivity index (χ0v) is 15.9. The maximum Gasteiger partial charge on any atom is 0.240 e. The Morgan fingerprint density at radius 2 is 1.96 bits per heavy atom. The quantitative estimate of drug-likeness (QED) is 0.486. The standard InChI is InChI=1S/C20H23N3O2S/c1-3-21-19(24)14-23-17-10-6-5-9-16(17)22-20(23)26-13-12-25-18-11-7-4-8-15(18)2/h4-11H,3,12-14H2,1-2H3,(H,21,24). The molecule has 0 aliphatic rings. The third-order valence-electron chi connectivity index (χ3n) is 3.96. The van der Waals surface area contributed by atoms with Crippen molar-refractivity contribution in [3.8, 4) is 5.75 Å². The molecule has 136 valence electrons. The fraction of sp³-hybridized carbons (Fsp3) is 0.300. The second kappa shape index (κ2) is 8.76. The number of carbonyl (C=O) groups is 1. The fourth-order valence-corrected chi connectivity index (χ4v) is 3.55. The number of fused-ring (bicyclic) bond motifs is 1. The van der Waals surface area contributed by atoms with E-state index in [0.717, 1.165) is 33.3 Å². The summed E-state index contributed by atoms with van der Waals surface area (Å²) in [4.78, 5) is 16.7. The highest BCUT2D eigenvalue weighted by molar-refractivity contribution is 7.99. The van der Waals surface area contributed by atoms with Crippen LogP contribution in [-0.4, -0.2) is 34.4 Å². The van der Waals surface area contributed by atoms with Crippen molar-refractivity contribution in [2.75, 3.05) is 18.9 Å². The number of carbonyl (C=O) groups excluding carboxylic acids is 1. The lowest BCUT2D eigenvalue weighted by Gasteiger charge is -2.10. The van der Waals surface area contributed by atoms with Crippen LogP contribution >= 0.6 is 11.8 Å².